The van der Waals surface area contributed by atoms with Crippen molar-refractivity contribution >= 4 is 14.2 Å². The summed E-state index contributed by atoms with van der Waals surface area (Å²) in [6, 6.07) is 10.5. The number of benzene rings is 2. The highest BCUT2D eigenvalue weighted by molar-refractivity contribution is 7.34. The van der Waals surface area contributed by atoms with Crippen molar-refractivity contribution in [2.24, 2.45) is 0 Å². The molecule has 0 aromatic heterocycles. The summed E-state index contributed by atoms with van der Waals surface area (Å²) >= 11 is 0. The Hall–Kier alpha value is -2.19. The molecule has 0 fully saturated rings. The van der Waals surface area contributed by atoms with Crippen LogP contribution in [-0.2, 0) is 9.09 Å². The first kappa shape index (κ1) is 16.2. The maximum atomic E-state index is 12.3. The molecule has 2 aromatic carbocycles. The number of hydrogen-bond acceptors (Lipinski definition) is 4. The quantitative estimate of drug-likeness (QED) is 0.759. The van der Waals surface area contributed by atoms with Crippen LogP contribution in [0.15, 0.2) is 36.4 Å². The van der Waals surface area contributed by atoms with Crippen molar-refractivity contribution in [3.63, 3.8) is 0 Å². The van der Waals surface area contributed by atoms with Crippen molar-refractivity contribution in [3.8, 4) is 5.75 Å². The Kier molecular flexibility index (Phi) is 4.94. The third kappa shape index (κ3) is 3.52. The summed E-state index contributed by atoms with van der Waals surface area (Å²) in [5.74, 6) is -0.236. The van der Waals surface area contributed by atoms with Crippen LogP contribution in [0.2, 0.25) is 0 Å². The van der Waals surface area contributed by atoms with E-state index >= 15 is 0 Å². The smallest absolute Gasteiger partial charge is 0.241 e. The molecule has 0 N–H and O–H groups in total. The van der Waals surface area contributed by atoms with Gasteiger partial charge in [-0.05, 0) is 62.1 Å². The molecule has 0 aliphatic rings. The summed E-state index contributed by atoms with van der Waals surface area (Å²) in [5, 5.41) is 0. The Morgan fingerprint density at radius 1 is 0.955 bits per heavy atom. The van der Waals surface area contributed by atoms with Gasteiger partial charge in [-0.25, -0.2) is 9.32 Å². The largest absolute Gasteiger partial charge is 0.808 e. The summed E-state index contributed by atoms with van der Waals surface area (Å²) in [5.41, 5.74) is 4.22. The number of para-hydroxylation sites is 1. The Morgan fingerprint density at radius 2 is 1.59 bits per heavy atom. The van der Waals surface area contributed by atoms with Gasteiger partial charge in [0.25, 0.3) is 0 Å². The molecule has 2 rings (SSSR count). The van der Waals surface area contributed by atoms with Gasteiger partial charge in [-0.2, -0.15) is 4.52 Å². The number of rotatable bonds is 4. The highest BCUT2D eigenvalue weighted by Gasteiger charge is 2.31. The molecule has 0 spiro atoms. The van der Waals surface area contributed by atoms with Crippen molar-refractivity contribution < 1.29 is 18.4 Å². The van der Waals surface area contributed by atoms with Gasteiger partial charge in [0.05, 0.1) is 5.56 Å². The minimum atomic E-state index is -2.56. The predicted molar refractivity (Wildman–Crippen MR) is 85.5 cm³/mol. The van der Waals surface area contributed by atoms with Crippen LogP contribution in [0.25, 0.3) is 0 Å². The minimum Gasteiger partial charge on any atom is -0.241 e. The number of aryl methyl sites for hydroxylation is 2. The van der Waals surface area contributed by atoms with Crippen molar-refractivity contribution in [2.45, 2.75) is 27.7 Å². The Bertz CT molecular complexity index is 723. The van der Waals surface area contributed by atoms with Gasteiger partial charge in [-0.3, -0.25) is 0 Å². The van der Waals surface area contributed by atoms with E-state index in [-0.39, 0.29) is 0 Å². The fourth-order valence-corrected chi connectivity index (χ4v) is 2.86. The van der Waals surface area contributed by atoms with Gasteiger partial charge in [0.2, 0.25) is 0 Å². The molecule has 0 saturated heterocycles. The standard InChI is InChI=1S/C17H18O4P/c1-11-10-12(2)16(14(4)13(11)3)17(18)21-22(19)20-15-8-6-5-7-9-15/h5-10H,1-4H3/q+1. The van der Waals surface area contributed by atoms with Crippen LogP contribution in [-0.4, -0.2) is 5.97 Å². The second-order valence-corrected chi connectivity index (χ2v) is 5.95. The fraction of sp³-hybridized carbons (Fsp3) is 0.235. The number of carbonyl (C=O) groups excluding carboxylic acids is 1. The monoisotopic (exact) mass is 317 g/mol. The zero-order chi connectivity index (χ0) is 16.3. The molecule has 5 heteroatoms. The van der Waals surface area contributed by atoms with Crippen LogP contribution in [0.5, 0.6) is 5.75 Å². The first-order chi connectivity index (χ1) is 10.4. The SMILES string of the molecule is Cc1cc(C)c(C(=O)O[P+](=O)Oc2ccccc2)c(C)c1C. The molecule has 1 atom stereocenters. The summed E-state index contributed by atoms with van der Waals surface area (Å²) < 4.78 is 21.9. The van der Waals surface area contributed by atoms with E-state index in [2.05, 4.69) is 0 Å². The van der Waals surface area contributed by atoms with E-state index in [0.717, 1.165) is 22.3 Å². The molecule has 0 aliphatic heterocycles. The Morgan fingerprint density at radius 3 is 2.23 bits per heavy atom. The molecule has 0 saturated carbocycles. The summed E-state index contributed by atoms with van der Waals surface area (Å²) in [6.45, 7) is 7.63. The van der Waals surface area contributed by atoms with E-state index in [4.69, 9.17) is 9.05 Å². The van der Waals surface area contributed by atoms with E-state index in [1.54, 1.807) is 24.3 Å². The molecule has 2 aromatic rings. The lowest BCUT2D eigenvalue weighted by Gasteiger charge is -2.11. The molecular weight excluding hydrogens is 299 g/mol. The first-order valence-corrected chi connectivity index (χ1v) is 7.99. The topological polar surface area (TPSA) is 52.6 Å². The third-order valence-corrected chi connectivity index (χ3v) is 4.32. The van der Waals surface area contributed by atoms with E-state index < -0.39 is 14.2 Å². The van der Waals surface area contributed by atoms with Gasteiger partial charge in [0.15, 0.2) is 5.75 Å². The van der Waals surface area contributed by atoms with Crippen molar-refractivity contribution in [1.29, 1.82) is 0 Å². The maximum Gasteiger partial charge on any atom is 0.808 e. The molecule has 0 radical (unpaired) electrons. The molecule has 4 nitrogen and oxygen atoms in total. The summed E-state index contributed by atoms with van der Waals surface area (Å²) in [4.78, 5) is 12.3. The Balaban J connectivity index is 2.16. The van der Waals surface area contributed by atoms with Crippen LogP contribution in [0.4, 0.5) is 0 Å². The molecule has 0 bridgehead atoms. The summed E-state index contributed by atoms with van der Waals surface area (Å²) in [7, 11) is -2.56. The molecular formula is C17H18O4P+. The average molecular weight is 317 g/mol. The van der Waals surface area contributed by atoms with Gasteiger partial charge < -0.3 is 0 Å². The van der Waals surface area contributed by atoms with Crippen LogP contribution < -0.4 is 4.52 Å². The van der Waals surface area contributed by atoms with Crippen LogP contribution in [0.3, 0.4) is 0 Å². The number of carbonyl (C=O) groups is 1. The van der Waals surface area contributed by atoms with Crippen LogP contribution >= 0.6 is 8.25 Å². The lowest BCUT2D eigenvalue weighted by molar-refractivity contribution is 0.0731. The lowest BCUT2D eigenvalue weighted by atomic mass is 9.94. The average Bonchev–Trinajstić information content (AvgIpc) is 2.45. The van der Waals surface area contributed by atoms with Crippen molar-refractivity contribution in [1.82, 2.24) is 0 Å². The highest BCUT2D eigenvalue weighted by Crippen LogP contribution is 2.31. The third-order valence-electron chi connectivity index (χ3n) is 3.64. The molecule has 1 unspecified atom stereocenters. The van der Waals surface area contributed by atoms with Crippen LogP contribution in [0.1, 0.15) is 32.6 Å². The van der Waals surface area contributed by atoms with E-state index in [1.165, 1.54) is 0 Å². The lowest BCUT2D eigenvalue weighted by Crippen LogP contribution is -2.08. The first-order valence-electron chi connectivity index (χ1n) is 6.90. The van der Waals surface area contributed by atoms with Gasteiger partial charge >= 0.3 is 14.2 Å². The van der Waals surface area contributed by atoms with Crippen LogP contribution in [0, 0.1) is 27.7 Å². The van der Waals surface area contributed by atoms with E-state index in [0.29, 0.717) is 11.3 Å². The van der Waals surface area contributed by atoms with Gasteiger partial charge in [0.1, 0.15) is 0 Å². The minimum absolute atomic E-state index is 0.393. The number of hydrogen-bond donors (Lipinski definition) is 0. The fourth-order valence-electron chi connectivity index (χ4n) is 2.30. The van der Waals surface area contributed by atoms with Gasteiger partial charge in [0, 0.05) is 4.57 Å². The normalized spacial score (nSPS) is 11.0. The van der Waals surface area contributed by atoms with Crippen molar-refractivity contribution in [3.05, 3.63) is 64.2 Å². The second kappa shape index (κ2) is 6.71. The maximum absolute atomic E-state index is 12.3. The predicted octanol–water partition coefficient (Wildman–Crippen LogP) is 4.81. The molecule has 22 heavy (non-hydrogen) atoms. The second-order valence-electron chi connectivity index (χ2n) is 5.14. The Labute approximate surface area is 131 Å². The van der Waals surface area contributed by atoms with E-state index in [1.807, 2.05) is 39.8 Å². The van der Waals surface area contributed by atoms with Gasteiger partial charge in [-0.15, -0.1) is 0 Å². The molecule has 0 aliphatic carbocycles. The van der Waals surface area contributed by atoms with Crippen molar-refractivity contribution in [2.75, 3.05) is 0 Å². The molecule has 0 heterocycles. The molecule has 0 amide bonds. The summed E-state index contributed by atoms with van der Waals surface area (Å²) in [6.07, 6.45) is 0. The van der Waals surface area contributed by atoms with E-state index in [9.17, 15) is 9.36 Å². The highest BCUT2D eigenvalue weighted by atomic mass is 31.1. The zero-order valence-corrected chi connectivity index (χ0v) is 13.9. The van der Waals surface area contributed by atoms with Gasteiger partial charge in [-0.1, -0.05) is 24.3 Å². The molecule has 114 valence electrons. The zero-order valence-electron chi connectivity index (χ0n) is 13.0.